The zero-order chi connectivity index (χ0) is 7.97. The van der Waals surface area contributed by atoms with Gasteiger partial charge in [0.2, 0.25) is 0 Å². The minimum Gasteiger partial charge on any atom is -0.344 e. The topological polar surface area (TPSA) is 15.6 Å². The van der Waals surface area contributed by atoms with Crippen LogP contribution in [0.3, 0.4) is 0 Å². The van der Waals surface area contributed by atoms with Crippen LogP contribution in [-0.2, 0) is 6.42 Å². The molecule has 1 unspecified atom stereocenters. The van der Waals surface area contributed by atoms with Crippen LogP contribution in [0.4, 0.5) is 5.69 Å². The van der Waals surface area contributed by atoms with E-state index in [1.807, 2.05) is 6.21 Å². The van der Waals surface area contributed by atoms with Gasteiger partial charge in [0.25, 0.3) is 0 Å². The van der Waals surface area contributed by atoms with Gasteiger partial charge in [-0.25, -0.2) is 0 Å². The van der Waals surface area contributed by atoms with Gasteiger partial charge in [-0.15, -0.1) is 0 Å². The lowest BCUT2D eigenvalue weighted by molar-refractivity contribution is 0.722. The van der Waals surface area contributed by atoms with Crippen molar-refractivity contribution in [2.24, 2.45) is 4.99 Å². The summed E-state index contributed by atoms with van der Waals surface area (Å²) in [6, 6.07) is 8.58. The third-order valence-electron chi connectivity index (χ3n) is 2.62. The van der Waals surface area contributed by atoms with Crippen molar-refractivity contribution in [2.75, 3.05) is 11.4 Å². The molecule has 0 radical (unpaired) electrons. The van der Waals surface area contributed by atoms with Crippen molar-refractivity contribution in [3.63, 3.8) is 0 Å². The predicted octanol–water partition coefficient (Wildman–Crippen LogP) is 1.46. The number of fused-ring (bicyclic) bond motifs is 3. The quantitative estimate of drug-likeness (QED) is 0.558. The number of anilines is 1. The Kier molecular flexibility index (Phi) is 1.09. The number of hydrogen-bond acceptors (Lipinski definition) is 2. The van der Waals surface area contributed by atoms with Gasteiger partial charge in [0.15, 0.2) is 0 Å². The molecule has 12 heavy (non-hydrogen) atoms. The Labute approximate surface area is 71.5 Å². The summed E-state index contributed by atoms with van der Waals surface area (Å²) in [7, 11) is 0. The van der Waals surface area contributed by atoms with Gasteiger partial charge in [-0.1, -0.05) is 18.2 Å². The highest BCUT2D eigenvalue weighted by atomic mass is 15.3. The Hall–Kier alpha value is -1.31. The summed E-state index contributed by atoms with van der Waals surface area (Å²) < 4.78 is 0. The summed E-state index contributed by atoms with van der Waals surface area (Å²) in [6.07, 6.45) is 3.51. The van der Waals surface area contributed by atoms with Crippen molar-refractivity contribution >= 4 is 11.9 Å². The Bertz CT molecular complexity index is 343. The number of para-hydroxylation sites is 1. The molecule has 1 aromatic rings. The lowest BCUT2D eigenvalue weighted by Crippen LogP contribution is -2.25. The average molecular weight is 158 g/mol. The molecule has 0 bridgehead atoms. The normalized spacial score (nSPS) is 24.3. The van der Waals surface area contributed by atoms with Crippen LogP contribution in [0, 0.1) is 0 Å². The molecule has 0 fully saturated rings. The van der Waals surface area contributed by atoms with Crippen molar-refractivity contribution < 1.29 is 0 Å². The summed E-state index contributed by atoms with van der Waals surface area (Å²) in [4.78, 5) is 6.77. The summed E-state index contributed by atoms with van der Waals surface area (Å²) in [5, 5.41) is 0. The first-order valence-electron chi connectivity index (χ1n) is 4.31. The molecule has 2 aliphatic heterocycles. The van der Waals surface area contributed by atoms with Gasteiger partial charge in [-0.3, -0.25) is 4.99 Å². The first-order valence-corrected chi connectivity index (χ1v) is 4.31. The minimum atomic E-state index is 0.405. The fourth-order valence-corrected chi connectivity index (χ4v) is 2.04. The van der Waals surface area contributed by atoms with Crippen molar-refractivity contribution in [2.45, 2.75) is 12.6 Å². The maximum Gasteiger partial charge on any atom is 0.125 e. The predicted molar refractivity (Wildman–Crippen MR) is 49.8 cm³/mol. The molecule has 0 saturated heterocycles. The van der Waals surface area contributed by atoms with E-state index in [4.69, 9.17) is 0 Å². The number of nitrogens with zero attached hydrogens (tertiary/aromatic N) is 2. The maximum atomic E-state index is 4.41. The molecule has 0 N–H and O–H groups in total. The molecule has 0 spiro atoms. The summed E-state index contributed by atoms with van der Waals surface area (Å²) in [5.41, 5.74) is 2.82. The van der Waals surface area contributed by atoms with E-state index in [9.17, 15) is 0 Å². The highest BCUT2D eigenvalue weighted by molar-refractivity contribution is 5.74. The summed E-state index contributed by atoms with van der Waals surface area (Å²) in [5.74, 6) is 0. The highest BCUT2D eigenvalue weighted by Crippen LogP contribution is 2.33. The van der Waals surface area contributed by atoms with Crippen molar-refractivity contribution in [1.29, 1.82) is 0 Å². The van der Waals surface area contributed by atoms with Crippen LogP contribution in [-0.4, -0.2) is 18.9 Å². The molecule has 1 aromatic carbocycles. The second-order valence-electron chi connectivity index (χ2n) is 3.30. The number of hydrogen-bond donors (Lipinski definition) is 0. The Morgan fingerprint density at radius 1 is 1.33 bits per heavy atom. The second kappa shape index (κ2) is 2.09. The first-order chi connectivity index (χ1) is 5.95. The average Bonchev–Trinajstić information content (AvgIpc) is 2.62. The molecule has 60 valence electrons. The molecule has 0 aliphatic carbocycles. The smallest absolute Gasteiger partial charge is 0.125 e. The van der Waals surface area contributed by atoms with Gasteiger partial charge in [-0.2, -0.15) is 0 Å². The van der Waals surface area contributed by atoms with Crippen molar-refractivity contribution in [1.82, 2.24) is 0 Å². The van der Waals surface area contributed by atoms with Crippen LogP contribution in [0.15, 0.2) is 29.3 Å². The Balaban J connectivity index is 2.12. The van der Waals surface area contributed by atoms with Crippen LogP contribution in [0.5, 0.6) is 0 Å². The van der Waals surface area contributed by atoms with Gasteiger partial charge in [-0.05, 0) is 11.6 Å². The van der Waals surface area contributed by atoms with E-state index in [-0.39, 0.29) is 0 Å². The number of benzene rings is 1. The Morgan fingerprint density at radius 3 is 3.25 bits per heavy atom. The lowest BCUT2D eigenvalue weighted by atomic mass is 10.1. The molecule has 2 heteroatoms. The second-order valence-corrected chi connectivity index (χ2v) is 3.30. The van der Waals surface area contributed by atoms with Crippen LogP contribution in [0.2, 0.25) is 0 Å². The van der Waals surface area contributed by atoms with Crippen LogP contribution in [0.1, 0.15) is 5.56 Å². The van der Waals surface area contributed by atoms with E-state index in [1.54, 1.807) is 0 Å². The van der Waals surface area contributed by atoms with Crippen molar-refractivity contribution in [3.05, 3.63) is 29.8 Å². The number of aliphatic imine (C=N–C) groups is 1. The maximum absolute atomic E-state index is 4.41. The molecule has 0 amide bonds. The fraction of sp³-hybridized carbons (Fsp3) is 0.300. The van der Waals surface area contributed by atoms with E-state index >= 15 is 0 Å². The van der Waals surface area contributed by atoms with E-state index < -0.39 is 0 Å². The molecular weight excluding hydrogens is 148 g/mol. The zero-order valence-electron chi connectivity index (χ0n) is 6.77. The van der Waals surface area contributed by atoms with E-state index in [1.165, 1.54) is 11.3 Å². The van der Waals surface area contributed by atoms with Crippen LogP contribution in [0.25, 0.3) is 0 Å². The molecule has 0 saturated carbocycles. The SMILES string of the molecule is C1=NC2Cc3ccccc3N2C1. The Morgan fingerprint density at radius 2 is 2.25 bits per heavy atom. The monoisotopic (exact) mass is 158 g/mol. The molecule has 2 aliphatic rings. The highest BCUT2D eigenvalue weighted by Gasteiger charge is 2.29. The van der Waals surface area contributed by atoms with E-state index in [0.717, 1.165) is 13.0 Å². The molecular formula is C10H10N2. The molecule has 3 rings (SSSR count). The number of rotatable bonds is 0. The largest absolute Gasteiger partial charge is 0.344 e. The van der Waals surface area contributed by atoms with Gasteiger partial charge in [0.05, 0.1) is 6.54 Å². The lowest BCUT2D eigenvalue weighted by Gasteiger charge is -2.16. The summed E-state index contributed by atoms with van der Waals surface area (Å²) in [6.45, 7) is 0.988. The zero-order valence-corrected chi connectivity index (χ0v) is 6.77. The molecule has 0 aromatic heterocycles. The van der Waals surface area contributed by atoms with Crippen LogP contribution < -0.4 is 4.90 Å². The van der Waals surface area contributed by atoms with Gasteiger partial charge >= 0.3 is 0 Å². The van der Waals surface area contributed by atoms with Gasteiger partial charge < -0.3 is 4.90 Å². The van der Waals surface area contributed by atoms with Gasteiger partial charge in [0.1, 0.15) is 6.17 Å². The summed E-state index contributed by atoms with van der Waals surface area (Å²) >= 11 is 0. The first kappa shape index (κ1) is 6.23. The molecule has 2 nitrogen and oxygen atoms in total. The van der Waals surface area contributed by atoms with E-state index in [2.05, 4.69) is 34.2 Å². The third kappa shape index (κ3) is 0.670. The standard InChI is InChI=1S/C10H10N2/c1-2-4-9-8(3-1)7-10-11-5-6-12(9)10/h1-5,10H,6-7H2. The van der Waals surface area contributed by atoms with Crippen molar-refractivity contribution in [3.8, 4) is 0 Å². The molecule has 1 atom stereocenters. The van der Waals surface area contributed by atoms with Gasteiger partial charge in [0, 0.05) is 18.3 Å². The fourth-order valence-electron chi connectivity index (χ4n) is 2.04. The van der Waals surface area contributed by atoms with E-state index in [0.29, 0.717) is 6.17 Å². The van der Waals surface area contributed by atoms with Crippen LogP contribution >= 0.6 is 0 Å². The molecule has 2 heterocycles. The minimum absolute atomic E-state index is 0.405. The third-order valence-corrected chi connectivity index (χ3v) is 2.62.